The van der Waals surface area contributed by atoms with Gasteiger partial charge in [-0.3, -0.25) is 9.89 Å². The number of hydrogen-bond acceptors (Lipinski definition) is 3. The molecule has 1 aliphatic rings. The lowest BCUT2D eigenvalue weighted by Gasteiger charge is -2.26. The summed E-state index contributed by atoms with van der Waals surface area (Å²) in [6, 6.07) is 13.2. The molecule has 0 spiro atoms. The van der Waals surface area contributed by atoms with Gasteiger partial charge >= 0.3 is 0 Å². The van der Waals surface area contributed by atoms with Crippen molar-refractivity contribution in [1.29, 1.82) is 0 Å². The first-order valence-electron chi connectivity index (χ1n) is 9.79. The van der Waals surface area contributed by atoms with Crippen LogP contribution in [0, 0.1) is 0 Å². The average Bonchev–Trinajstić information content (AvgIpc) is 3.01. The van der Waals surface area contributed by atoms with E-state index < -0.39 is 5.60 Å². The maximum atomic E-state index is 12.8. The Labute approximate surface area is 169 Å². The van der Waals surface area contributed by atoms with Gasteiger partial charge in [0.15, 0.2) is 0 Å². The Morgan fingerprint density at radius 2 is 1.89 bits per heavy atom. The second kappa shape index (κ2) is 7.94. The lowest BCUT2D eigenvalue weighted by Crippen LogP contribution is -2.42. The maximum absolute atomic E-state index is 12.8. The van der Waals surface area contributed by atoms with Crippen LogP contribution in [0.15, 0.2) is 42.5 Å². The van der Waals surface area contributed by atoms with Crippen LogP contribution in [0.2, 0.25) is 5.02 Å². The number of aromatic nitrogens is 2. The summed E-state index contributed by atoms with van der Waals surface area (Å²) in [6.07, 6.45) is 5.72. The number of fused-ring (bicyclic) bond motifs is 1. The number of halogens is 1. The van der Waals surface area contributed by atoms with Crippen molar-refractivity contribution in [2.45, 2.75) is 44.1 Å². The van der Waals surface area contributed by atoms with Gasteiger partial charge in [-0.2, -0.15) is 5.10 Å². The van der Waals surface area contributed by atoms with Gasteiger partial charge in [-0.1, -0.05) is 61.5 Å². The first-order valence-corrected chi connectivity index (χ1v) is 10.2. The Balaban J connectivity index is 1.56. The third-order valence-electron chi connectivity index (χ3n) is 5.57. The molecule has 4 rings (SSSR count). The standard InChI is InChI=1S/C22H24ClN3O2/c23-18-10-9-15(20-16-7-3-4-8-19(16)25-26-20)13-17(18)21(27)24-14-22(28)11-5-1-2-6-12-22/h3-4,7-10,13,28H,1-2,5-6,11-12,14H2,(H,24,27)(H,25,26). The molecule has 0 saturated heterocycles. The van der Waals surface area contributed by atoms with Gasteiger partial charge in [0.05, 0.1) is 27.4 Å². The molecule has 1 saturated carbocycles. The number of hydrogen-bond donors (Lipinski definition) is 3. The average molecular weight is 398 g/mol. The minimum absolute atomic E-state index is 0.248. The molecule has 0 aliphatic heterocycles. The Morgan fingerprint density at radius 3 is 2.68 bits per heavy atom. The highest BCUT2D eigenvalue weighted by Gasteiger charge is 2.28. The molecule has 146 valence electrons. The SMILES string of the molecule is O=C(NCC1(O)CCCCCC1)c1cc(-c2n[nH]c3ccccc23)ccc1Cl. The molecule has 2 aromatic carbocycles. The van der Waals surface area contributed by atoms with E-state index in [9.17, 15) is 9.90 Å². The van der Waals surface area contributed by atoms with E-state index in [1.807, 2.05) is 30.3 Å². The van der Waals surface area contributed by atoms with E-state index in [1.165, 1.54) is 0 Å². The molecule has 5 nitrogen and oxygen atoms in total. The van der Waals surface area contributed by atoms with Gasteiger partial charge in [-0.15, -0.1) is 0 Å². The fourth-order valence-electron chi connectivity index (χ4n) is 3.93. The van der Waals surface area contributed by atoms with Crippen molar-refractivity contribution in [3.8, 4) is 11.3 Å². The number of carbonyl (C=O) groups excluding carboxylic acids is 1. The van der Waals surface area contributed by atoms with Crippen LogP contribution in [0.4, 0.5) is 0 Å². The van der Waals surface area contributed by atoms with Crippen LogP contribution in [0.25, 0.3) is 22.2 Å². The number of aromatic amines is 1. The van der Waals surface area contributed by atoms with Crippen molar-refractivity contribution >= 4 is 28.4 Å². The van der Waals surface area contributed by atoms with Crippen molar-refractivity contribution < 1.29 is 9.90 Å². The Kier molecular flexibility index (Phi) is 5.38. The normalized spacial score (nSPS) is 16.6. The van der Waals surface area contributed by atoms with E-state index in [2.05, 4.69) is 15.5 Å². The molecule has 3 N–H and O–H groups in total. The first-order chi connectivity index (χ1) is 13.6. The second-order valence-electron chi connectivity index (χ2n) is 7.63. The molecule has 3 aromatic rings. The van der Waals surface area contributed by atoms with Crippen LogP contribution in [-0.2, 0) is 0 Å². The van der Waals surface area contributed by atoms with Crippen LogP contribution < -0.4 is 5.32 Å². The molecule has 0 bridgehead atoms. The minimum Gasteiger partial charge on any atom is -0.388 e. The van der Waals surface area contributed by atoms with Crippen molar-refractivity contribution in [3.05, 3.63) is 53.1 Å². The molecule has 1 aliphatic carbocycles. The third-order valence-corrected chi connectivity index (χ3v) is 5.90. The topological polar surface area (TPSA) is 78.0 Å². The molecular weight excluding hydrogens is 374 g/mol. The number of nitrogens with zero attached hydrogens (tertiary/aromatic N) is 1. The van der Waals surface area contributed by atoms with E-state index >= 15 is 0 Å². The van der Waals surface area contributed by atoms with Crippen molar-refractivity contribution in [3.63, 3.8) is 0 Å². The number of nitrogens with one attached hydrogen (secondary N) is 2. The molecule has 1 fully saturated rings. The van der Waals surface area contributed by atoms with Crippen LogP contribution in [0.1, 0.15) is 48.9 Å². The van der Waals surface area contributed by atoms with Gasteiger partial charge in [0.25, 0.3) is 5.91 Å². The summed E-state index contributed by atoms with van der Waals surface area (Å²) in [5.41, 5.74) is 2.11. The second-order valence-corrected chi connectivity index (χ2v) is 8.04. The summed E-state index contributed by atoms with van der Waals surface area (Å²) in [5, 5.41) is 22.4. The van der Waals surface area contributed by atoms with E-state index in [4.69, 9.17) is 11.6 Å². The fraction of sp³-hybridized carbons (Fsp3) is 0.364. The molecule has 0 unspecified atom stereocenters. The smallest absolute Gasteiger partial charge is 0.252 e. The lowest BCUT2D eigenvalue weighted by atomic mass is 9.94. The Bertz CT molecular complexity index is 990. The molecule has 1 aromatic heterocycles. The lowest BCUT2D eigenvalue weighted by molar-refractivity contribution is 0.0246. The zero-order valence-corrected chi connectivity index (χ0v) is 16.4. The van der Waals surface area contributed by atoms with Crippen LogP contribution in [-0.4, -0.2) is 33.4 Å². The number of H-pyrrole nitrogens is 1. The van der Waals surface area contributed by atoms with Crippen molar-refractivity contribution in [1.82, 2.24) is 15.5 Å². The van der Waals surface area contributed by atoms with Crippen molar-refractivity contribution in [2.75, 3.05) is 6.54 Å². The van der Waals surface area contributed by atoms with Crippen LogP contribution in [0.3, 0.4) is 0 Å². The van der Waals surface area contributed by atoms with E-state index in [0.29, 0.717) is 10.6 Å². The van der Waals surface area contributed by atoms with E-state index in [0.717, 1.165) is 60.7 Å². The molecule has 1 heterocycles. The fourth-order valence-corrected chi connectivity index (χ4v) is 4.14. The maximum Gasteiger partial charge on any atom is 0.252 e. The van der Waals surface area contributed by atoms with Gasteiger partial charge < -0.3 is 10.4 Å². The third kappa shape index (κ3) is 3.91. The van der Waals surface area contributed by atoms with Gasteiger partial charge in [0.2, 0.25) is 0 Å². The summed E-state index contributed by atoms with van der Waals surface area (Å²) in [7, 11) is 0. The molecule has 1 amide bonds. The summed E-state index contributed by atoms with van der Waals surface area (Å²) in [5.74, 6) is -0.274. The molecule has 6 heteroatoms. The van der Waals surface area contributed by atoms with Crippen LogP contribution >= 0.6 is 11.6 Å². The molecule has 0 atom stereocenters. The number of benzene rings is 2. The predicted molar refractivity (Wildman–Crippen MR) is 112 cm³/mol. The number of carbonyl (C=O) groups is 1. The first kappa shape index (κ1) is 19.0. The Morgan fingerprint density at radius 1 is 1.14 bits per heavy atom. The largest absolute Gasteiger partial charge is 0.388 e. The minimum atomic E-state index is -0.825. The van der Waals surface area contributed by atoms with E-state index in [-0.39, 0.29) is 12.5 Å². The molecule has 28 heavy (non-hydrogen) atoms. The summed E-state index contributed by atoms with van der Waals surface area (Å²) in [6.45, 7) is 0.248. The summed E-state index contributed by atoms with van der Waals surface area (Å²) < 4.78 is 0. The van der Waals surface area contributed by atoms with Crippen molar-refractivity contribution in [2.24, 2.45) is 0 Å². The van der Waals surface area contributed by atoms with Gasteiger partial charge in [-0.05, 0) is 31.0 Å². The highest BCUT2D eigenvalue weighted by Crippen LogP contribution is 2.30. The number of aliphatic hydroxyl groups is 1. The zero-order valence-electron chi connectivity index (χ0n) is 15.7. The highest BCUT2D eigenvalue weighted by atomic mass is 35.5. The summed E-state index contributed by atoms with van der Waals surface area (Å²) >= 11 is 6.30. The number of para-hydroxylation sites is 1. The predicted octanol–water partition coefficient (Wildman–Crippen LogP) is 4.70. The van der Waals surface area contributed by atoms with Gasteiger partial charge in [0, 0.05) is 17.5 Å². The summed E-state index contributed by atoms with van der Waals surface area (Å²) in [4.78, 5) is 12.8. The molecule has 0 radical (unpaired) electrons. The quantitative estimate of drug-likeness (QED) is 0.558. The zero-order chi connectivity index (χ0) is 19.6. The number of rotatable bonds is 4. The monoisotopic (exact) mass is 397 g/mol. The van der Waals surface area contributed by atoms with E-state index in [1.54, 1.807) is 12.1 Å². The van der Waals surface area contributed by atoms with Gasteiger partial charge in [-0.25, -0.2) is 0 Å². The number of amides is 1. The Hall–Kier alpha value is -2.37. The molecular formula is C22H24ClN3O2. The highest BCUT2D eigenvalue weighted by molar-refractivity contribution is 6.34. The van der Waals surface area contributed by atoms with Crippen LogP contribution in [0.5, 0.6) is 0 Å². The van der Waals surface area contributed by atoms with Gasteiger partial charge in [0.1, 0.15) is 0 Å².